The molecule has 0 heterocycles. The summed E-state index contributed by atoms with van der Waals surface area (Å²) in [6.45, 7) is 1.81. The van der Waals surface area contributed by atoms with Gasteiger partial charge in [-0.25, -0.2) is 4.79 Å². The number of carbonyl (C=O) groups excluding carboxylic acids is 2. The molecule has 0 unspecified atom stereocenters. The number of nitrogens with one attached hydrogen (secondary N) is 2. The zero-order chi connectivity index (χ0) is 19.1. The molecule has 3 N–H and O–H groups in total. The fourth-order valence-corrected chi connectivity index (χ4v) is 2.85. The molecule has 0 atom stereocenters. The Bertz CT molecular complexity index is 824. The third-order valence-corrected chi connectivity index (χ3v) is 4.77. The molecule has 2 amide bonds. The van der Waals surface area contributed by atoms with Gasteiger partial charge in [-0.2, -0.15) is 0 Å². The number of halogens is 1. The van der Waals surface area contributed by atoms with E-state index in [9.17, 15) is 14.4 Å². The second-order valence-electron chi connectivity index (χ2n) is 5.38. The van der Waals surface area contributed by atoms with Gasteiger partial charge in [0.1, 0.15) is 0 Å². The first kappa shape index (κ1) is 19.8. The number of carboxylic acid groups (broad SMARTS) is 1. The Morgan fingerprint density at radius 1 is 1.00 bits per heavy atom. The third kappa shape index (κ3) is 5.79. The summed E-state index contributed by atoms with van der Waals surface area (Å²) in [5, 5.41) is 14.8. The maximum Gasteiger partial charge on any atom is 0.335 e. The van der Waals surface area contributed by atoms with Gasteiger partial charge in [0.05, 0.1) is 17.1 Å². The molecule has 2 aromatic rings. The average Bonchev–Trinajstić information content (AvgIpc) is 2.59. The van der Waals surface area contributed by atoms with Gasteiger partial charge in [0, 0.05) is 16.4 Å². The van der Waals surface area contributed by atoms with Crippen LogP contribution in [0.25, 0.3) is 0 Å². The maximum atomic E-state index is 12.0. The fourth-order valence-electron chi connectivity index (χ4n) is 2.06. The first-order valence-corrected chi connectivity index (χ1v) is 9.16. The summed E-state index contributed by atoms with van der Waals surface area (Å²) < 4.78 is 0. The molecule has 2 rings (SSSR count). The summed E-state index contributed by atoms with van der Waals surface area (Å²) in [4.78, 5) is 34.6. The lowest BCUT2D eigenvalue weighted by Crippen LogP contribution is -2.18. The fraction of sp³-hybridized carbons (Fsp3) is 0.167. The number of hydrogen-bond acceptors (Lipinski definition) is 4. The van der Waals surface area contributed by atoms with Gasteiger partial charge in [-0.3, -0.25) is 9.59 Å². The van der Waals surface area contributed by atoms with Crippen LogP contribution in [0, 0.1) is 6.92 Å². The molecule has 136 valence electrons. The van der Waals surface area contributed by atoms with Crippen LogP contribution in [-0.4, -0.2) is 34.4 Å². The van der Waals surface area contributed by atoms with E-state index in [1.807, 2.05) is 6.92 Å². The summed E-state index contributed by atoms with van der Waals surface area (Å²) in [5.74, 6) is -1.30. The van der Waals surface area contributed by atoms with Crippen LogP contribution in [0.1, 0.15) is 15.9 Å². The minimum atomic E-state index is -1.03. The van der Waals surface area contributed by atoms with Crippen molar-refractivity contribution in [2.24, 2.45) is 0 Å². The highest BCUT2D eigenvalue weighted by Gasteiger charge is 2.09. The number of amides is 2. The minimum absolute atomic E-state index is 0.0998. The number of carboxylic acids is 1. The molecule has 26 heavy (non-hydrogen) atoms. The van der Waals surface area contributed by atoms with Crippen molar-refractivity contribution in [2.45, 2.75) is 6.92 Å². The molecule has 6 nitrogen and oxygen atoms in total. The Balaban J connectivity index is 1.76. The maximum absolute atomic E-state index is 12.0. The lowest BCUT2D eigenvalue weighted by molar-refractivity contribution is -0.114. The molecular weight excluding hydrogens is 376 g/mol. The van der Waals surface area contributed by atoms with Crippen molar-refractivity contribution in [3.8, 4) is 0 Å². The van der Waals surface area contributed by atoms with E-state index in [0.29, 0.717) is 16.4 Å². The third-order valence-electron chi connectivity index (χ3n) is 3.42. The monoisotopic (exact) mass is 392 g/mol. The summed E-state index contributed by atoms with van der Waals surface area (Å²) in [6, 6.07) is 11.1. The zero-order valence-corrected chi connectivity index (χ0v) is 15.5. The topological polar surface area (TPSA) is 95.5 Å². The van der Waals surface area contributed by atoms with E-state index in [0.717, 1.165) is 5.56 Å². The molecule has 2 aromatic carbocycles. The number of benzene rings is 2. The molecule has 0 bridgehead atoms. The largest absolute Gasteiger partial charge is 0.478 e. The van der Waals surface area contributed by atoms with Crippen LogP contribution >= 0.6 is 23.4 Å². The van der Waals surface area contributed by atoms with Crippen LogP contribution in [0.4, 0.5) is 11.4 Å². The molecule has 0 saturated heterocycles. The van der Waals surface area contributed by atoms with E-state index in [2.05, 4.69) is 10.6 Å². The van der Waals surface area contributed by atoms with E-state index in [4.69, 9.17) is 16.7 Å². The van der Waals surface area contributed by atoms with Crippen LogP contribution in [0.3, 0.4) is 0 Å². The summed E-state index contributed by atoms with van der Waals surface area (Å²) in [5.41, 5.74) is 2.08. The highest BCUT2D eigenvalue weighted by atomic mass is 35.5. The SMILES string of the molecule is Cc1c(Cl)cccc1NC(=O)CSCC(=O)Nc1ccc(C(=O)O)cc1. The van der Waals surface area contributed by atoms with Gasteiger partial charge >= 0.3 is 5.97 Å². The Morgan fingerprint density at radius 2 is 1.62 bits per heavy atom. The Kier molecular flexibility index (Phi) is 7.06. The van der Waals surface area contributed by atoms with E-state index in [1.54, 1.807) is 18.2 Å². The van der Waals surface area contributed by atoms with Crippen molar-refractivity contribution in [3.05, 3.63) is 58.6 Å². The molecule has 0 aromatic heterocycles. The smallest absolute Gasteiger partial charge is 0.335 e. The van der Waals surface area contributed by atoms with Gasteiger partial charge in [0.15, 0.2) is 0 Å². The van der Waals surface area contributed by atoms with Crippen molar-refractivity contribution in [2.75, 3.05) is 22.1 Å². The lowest BCUT2D eigenvalue weighted by Gasteiger charge is -2.09. The predicted molar refractivity (Wildman–Crippen MR) is 104 cm³/mol. The molecular formula is C18H17ClN2O4S. The molecule has 0 aliphatic carbocycles. The van der Waals surface area contributed by atoms with Crippen LogP contribution < -0.4 is 10.6 Å². The molecule has 0 radical (unpaired) electrons. The quantitative estimate of drug-likeness (QED) is 0.668. The summed E-state index contributed by atoms with van der Waals surface area (Å²) >= 11 is 7.18. The Morgan fingerprint density at radius 3 is 2.23 bits per heavy atom. The van der Waals surface area contributed by atoms with E-state index < -0.39 is 5.97 Å². The number of thioether (sulfide) groups is 1. The summed E-state index contributed by atoms with van der Waals surface area (Å²) in [7, 11) is 0. The van der Waals surface area contributed by atoms with Gasteiger partial charge in [0.25, 0.3) is 0 Å². The van der Waals surface area contributed by atoms with Crippen LogP contribution in [0.2, 0.25) is 5.02 Å². The number of rotatable bonds is 7. The van der Waals surface area contributed by atoms with Crippen LogP contribution in [-0.2, 0) is 9.59 Å². The summed E-state index contributed by atoms with van der Waals surface area (Å²) in [6.07, 6.45) is 0. The molecule has 0 fully saturated rings. The number of aromatic carboxylic acids is 1. The first-order chi connectivity index (χ1) is 12.4. The van der Waals surface area contributed by atoms with Gasteiger partial charge < -0.3 is 15.7 Å². The molecule has 0 aliphatic rings. The molecule has 0 spiro atoms. The number of carbonyl (C=O) groups is 3. The van der Waals surface area contributed by atoms with Crippen molar-refractivity contribution < 1.29 is 19.5 Å². The predicted octanol–water partition coefficient (Wildman–Crippen LogP) is 3.66. The normalized spacial score (nSPS) is 10.2. The van der Waals surface area contributed by atoms with E-state index in [1.165, 1.54) is 36.0 Å². The van der Waals surface area contributed by atoms with E-state index in [-0.39, 0.29) is 28.9 Å². The molecule has 0 saturated carbocycles. The zero-order valence-electron chi connectivity index (χ0n) is 13.9. The van der Waals surface area contributed by atoms with Crippen molar-refractivity contribution >= 4 is 52.5 Å². The Hall–Kier alpha value is -2.51. The number of hydrogen-bond donors (Lipinski definition) is 3. The lowest BCUT2D eigenvalue weighted by atomic mass is 10.2. The van der Waals surface area contributed by atoms with Gasteiger partial charge in [0.2, 0.25) is 11.8 Å². The highest BCUT2D eigenvalue weighted by Crippen LogP contribution is 2.23. The van der Waals surface area contributed by atoms with Crippen LogP contribution in [0.5, 0.6) is 0 Å². The highest BCUT2D eigenvalue weighted by molar-refractivity contribution is 8.00. The van der Waals surface area contributed by atoms with Crippen molar-refractivity contribution in [1.82, 2.24) is 0 Å². The Labute approximate surface area is 159 Å². The van der Waals surface area contributed by atoms with Crippen molar-refractivity contribution in [1.29, 1.82) is 0 Å². The average molecular weight is 393 g/mol. The van der Waals surface area contributed by atoms with Crippen LogP contribution in [0.15, 0.2) is 42.5 Å². The second-order valence-corrected chi connectivity index (χ2v) is 6.78. The second kappa shape index (κ2) is 9.26. The van der Waals surface area contributed by atoms with Gasteiger partial charge in [-0.05, 0) is 48.9 Å². The van der Waals surface area contributed by atoms with E-state index >= 15 is 0 Å². The minimum Gasteiger partial charge on any atom is -0.478 e. The standard InChI is InChI=1S/C18H17ClN2O4S/c1-11-14(19)3-2-4-15(11)21-17(23)10-26-9-16(22)20-13-7-5-12(6-8-13)18(24)25/h2-8H,9-10H2,1H3,(H,20,22)(H,21,23)(H,24,25). The molecule has 8 heteroatoms. The van der Waals surface area contributed by atoms with Gasteiger partial charge in [-0.1, -0.05) is 17.7 Å². The van der Waals surface area contributed by atoms with Crippen molar-refractivity contribution in [3.63, 3.8) is 0 Å². The first-order valence-electron chi connectivity index (χ1n) is 7.62. The van der Waals surface area contributed by atoms with Gasteiger partial charge in [-0.15, -0.1) is 11.8 Å². The molecule has 0 aliphatic heterocycles. The number of anilines is 2.